The van der Waals surface area contributed by atoms with Crippen LogP contribution < -0.4 is 0 Å². The fourth-order valence-corrected chi connectivity index (χ4v) is 6.27. The van der Waals surface area contributed by atoms with Gasteiger partial charge in [0.1, 0.15) is 5.82 Å². The predicted molar refractivity (Wildman–Crippen MR) is 124 cm³/mol. The second-order valence-corrected chi connectivity index (χ2v) is 9.49. The van der Waals surface area contributed by atoms with Gasteiger partial charge >= 0.3 is 5.97 Å². The van der Waals surface area contributed by atoms with Crippen LogP contribution in [0.2, 0.25) is 0 Å². The molecule has 4 nitrogen and oxygen atoms in total. The van der Waals surface area contributed by atoms with Gasteiger partial charge in [-0.15, -0.1) is 0 Å². The summed E-state index contributed by atoms with van der Waals surface area (Å²) in [4.78, 5) is 15.3. The minimum absolute atomic E-state index is 0.240. The van der Waals surface area contributed by atoms with Crippen molar-refractivity contribution in [3.8, 4) is 0 Å². The van der Waals surface area contributed by atoms with Crippen molar-refractivity contribution >= 4 is 5.97 Å². The van der Waals surface area contributed by atoms with Crippen molar-refractivity contribution in [2.45, 2.75) is 30.9 Å². The molecule has 0 radical (unpaired) electrons. The number of nitrogens with zero attached hydrogens (tertiary/aromatic N) is 1. The molecule has 4 unspecified atom stereocenters. The van der Waals surface area contributed by atoms with Gasteiger partial charge in [-0.05, 0) is 41.7 Å². The predicted octanol–water partition coefficient (Wildman–Crippen LogP) is 4.79. The van der Waals surface area contributed by atoms with E-state index in [9.17, 15) is 19.4 Å². The lowest BCUT2D eigenvalue weighted by atomic mass is 9.53. The van der Waals surface area contributed by atoms with Crippen LogP contribution in [0.5, 0.6) is 0 Å². The number of aliphatic hydroxyl groups is 1. The average molecular weight is 446 g/mol. The first-order chi connectivity index (χ1) is 15.9. The summed E-state index contributed by atoms with van der Waals surface area (Å²) in [5.74, 6) is -2.14. The van der Waals surface area contributed by atoms with E-state index in [4.69, 9.17) is 0 Å². The highest BCUT2D eigenvalue weighted by molar-refractivity contribution is 5.78. The molecule has 0 amide bonds. The summed E-state index contributed by atoms with van der Waals surface area (Å²) in [6, 6.07) is 25.7. The summed E-state index contributed by atoms with van der Waals surface area (Å²) in [6.07, 6.45) is 0.897. The Bertz CT molecular complexity index is 1140. The van der Waals surface area contributed by atoms with E-state index in [0.29, 0.717) is 38.0 Å². The molecule has 5 heteroatoms. The monoisotopic (exact) mass is 445 g/mol. The minimum atomic E-state index is -1.42. The molecule has 0 spiro atoms. The number of carbonyl (C=O) groups is 1. The molecule has 1 aliphatic heterocycles. The Balaban J connectivity index is 1.61. The van der Waals surface area contributed by atoms with Gasteiger partial charge < -0.3 is 10.2 Å². The maximum absolute atomic E-state index is 14.2. The molecule has 5 rings (SSSR count). The van der Waals surface area contributed by atoms with Crippen LogP contribution in [-0.2, 0) is 16.9 Å². The molecule has 1 saturated carbocycles. The number of rotatable bonds is 5. The molecule has 1 saturated heterocycles. The average Bonchev–Trinajstić information content (AvgIpc) is 3.22. The Morgan fingerprint density at radius 1 is 1.00 bits per heavy atom. The number of carboxylic acid groups (broad SMARTS) is 1. The molecule has 4 atom stereocenters. The standard InChI is InChI=1S/C28H28FNO3/c29-23-13-7-12-22(16-23)28(33)15-14-24(21-10-5-2-6-11-21)27(26(31)32)19-30(18-25(27)28)17-20-8-3-1-4-9-20/h1-13,16,24-25,33H,14-15,17-19H2,(H,31,32). The highest BCUT2D eigenvalue weighted by atomic mass is 19.1. The SMILES string of the molecule is O=C(O)C12CN(Cc3ccccc3)CC1C(O)(c1cccc(F)c1)CCC2c1ccccc1. The first-order valence-electron chi connectivity index (χ1n) is 11.5. The minimum Gasteiger partial charge on any atom is -0.481 e. The lowest BCUT2D eigenvalue weighted by Gasteiger charge is -2.51. The van der Waals surface area contributed by atoms with Crippen LogP contribution >= 0.6 is 0 Å². The summed E-state index contributed by atoms with van der Waals surface area (Å²) in [5, 5.41) is 22.8. The van der Waals surface area contributed by atoms with Crippen LogP contribution in [0.15, 0.2) is 84.9 Å². The molecule has 170 valence electrons. The maximum atomic E-state index is 14.2. The summed E-state index contributed by atoms with van der Waals surface area (Å²) in [5.41, 5.74) is -0.0617. The number of carboxylic acids is 1. The number of halogens is 1. The van der Waals surface area contributed by atoms with Crippen molar-refractivity contribution in [3.63, 3.8) is 0 Å². The largest absolute Gasteiger partial charge is 0.481 e. The summed E-state index contributed by atoms with van der Waals surface area (Å²) >= 11 is 0. The van der Waals surface area contributed by atoms with Crippen molar-refractivity contribution < 1.29 is 19.4 Å². The molecule has 0 bridgehead atoms. The van der Waals surface area contributed by atoms with Crippen molar-refractivity contribution in [1.29, 1.82) is 0 Å². The van der Waals surface area contributed by atoms with Crippen molar-refractivity contribution in [1.82, 2.24) is 4.90 Å². The third-order valence-corrected chi connectivity index (χ3v) is 7.73. The lowest BCUT2D eigenvalue weighted by Crippen LogP contribution is -2.56. The molecular weight excluding hydrogens is 417 g/mol. The zero-order chi connectivity index (χ0) is 23.1. The van der Waals surface area contributed by atoms with E-state index in [2.05, 4.69) is 4.90 Å². The van der Waals surface area contributed by atoms with Crippen LogP contribution in [-0.4, -0.2) is 34.2 Å². The first kappa shape index (κ1) is 21.8. The number of hydrogen-bond acceptors (Lipinski definition) is 3. The molecular formula is C28H28FNO3. The third kappa shape index (κ3) is 3.65. The second-order valence-electron chi connectivity index (χ2n) is 9.49. The summed E-state index contributed by atoms with van der Waals surface area (Å²) in [7, 11) is 0. The van der Waals surface area contributed by atoms with Crippen LogP contribution in [0, 0.1) is 17.2 Å². The smallest absolute Gasteiger partial charge is 0.312 e. The van der Waals surface area contributed by atoms with E-state index in [-0.39, 0.29) is 5.92 Å². The van der Waals surface area contributed by atoms with E-state index < -0.39 is 28.7 Å². The number of benzene rings is 3. The molecule has 2 fully saturated rings. The Labute approximate surface area is 193 Å². The van der Waals surface area contributed by atoms with E-state index in [1.807, 2.05) is 60.7 Å². The van der Waals surface area contributed by atoms with Crippen LogP contribution in [0.25, 0.3) is 0 Å². The van der Waals surface area contributed by atoms with E-state index >= 15 is 0 Å². The quantitative estimate of drug-likeness (QED) is 0.593. The zero-order valence-corrected chi connectivity index (χ0v) is 18.4. The Hall–Kier alpha value is -3.02. The fraction of sp³-hybridized carbons (Fsp3) is 0.321. The lowest BCUT2D eigenvalue weighted by molar-refractivity contribution is -0.169. The van der Waals surface area contributed by atoms with Crippen LogP contribution in [0.3, 0.4) is 0 Å². The third-order valence-electron chi connectivity index (χ3n) is 7.73. The van der Waals surface area contributed by atoms with Gasteiger partial charge in [0.2, 0.25) is 0 Å². The number of hydrogen-bond donors (Lipinski definition) is 2. The van der Waals surface area contributed by atoms with Crippen molar-refractivity contribution in [2.75, 3.05) is 13.1 Å². The van der Waals surface area contributed by atoms with Crippen LogP contribution in [0.4, 0.5) is 4.39 Å². The van der Waals surface area contributed by atoms with Gasteiger partial charge in [0.25, 0.3) is 0 Å². The Morgan fingerprint density at radius 2 is 1.70 bits per heavy atom. The maximum Gasteiger partial charge on any atom is 0.312 e. The first-order valence-corrected chi connectivity index (χ1v) is 11.5. The zero-order valence-electron chi connectivity index (χ0n) is 18.4. The number of fused-ring (bicyclic) bond motifs is 1. The van der Waals surface area contributed by atoms with Gasteiger partial charge in [0.05, 0.1) is 11.0 Å². The fourth-order valence-electron chi connectivity index (χ4n) is 6.27. The van der Waals surface area contributed by atoms with Gasteiger partial charge in [-0.2, -0.15) is 0 Å². The number of likely N-dealkylation sites (tertiary alicyclic amines) is 1. The van der Waals surface area contributed by atoms with Gasteiger partial charge in [0.15, 0.2) is 0 Å². The second kappa shape index (κ2) is 8.40. The topological polar surface area (TPSA) is 60.8 Å². The van der Waals surface area contributed by atoms with E-state index in [1.165, 1.54) is 12.1 Å². The van der Waals surface area contributed by atoms with E-state index in [0.717, 1.165) is 11.1 Å². The molecule has 2 N–H and O–H groups in total. The normalized spacial score (nSPS) is 29.5. The van der Waals surface area contributed by atoms with Gasteiger partial charge in [-0.3, -0.25) is 9.69 Å². The van der Waals surface area contributed by atoms with Crippen molar-refractivity contribution in [3.05, 3.63) is 107 Å². The highest BCUT2D eigenvalue weighted by Gasteiger charge is 2.66. The molecule has 2 aliphatic rings. The van der Waals surface area contributed by atoms with Crippen LogP contribution in [0.1, 0.15) is 35.4 Å². The molecule has 1 heterocycles. The molecule has 0 aromatic heterocycles. The Morgan fingerprint density at radius 3 is 2.36 bits per heavy atom. The number of aliphatic carboxylic acids is 1. The molecule has 3 aromatic rings. The molecule has 33 heavy (non-hydrogen) atoms. The summed E-state index contributed by atoms with van der Waals surface area (Å²) in [6.45, 7) is 1.36. The highest BCUT2D eigenvalue weighted by Crippen LogP contribution is 2.61. The van der Waals surface area contributed by atoms with Gasteiger partial charge in [-0.25, -0.2) is 4.39 Å². The summed E-state index contributed by atoms with van der Waals surface area (Å²) < 4.78 is 14.2. The molecule has 3 aromatic carbocycles. The van der Waals surface area contributed by atoms with Gasteiger partial charge in [0, 0.05) is 31.5 Å². The molecule has 1 aliphatic carbocycles. The van der Waals surface area contributed by atoms with Gasteiger partial charge in [-0.1, -0.05) is 72.8 Å². The van der Waals surface area contributed by atoms with Crippen molar-refractivity contribution in [2.24, 2.45) is 11.3 Å². The van der Waals surface area contributed by atoms with E-state index in [1.54, 1.807) is 12.1 Å². The Kier molecular flexibility index (Phi) is 5.55.